The van der Waals surface area contributed by atoms with Crippen LogP contribution in [0.2, 0.25) is 0 Å². The molecule has 1 N–H and O–H groups in total. The normalized spacial score (nSPS) is 18.2. The molecule has 0 saturated carbocycles. The van der Waals surface area contributed by atoms with Crippen LogP contribution in [0.1, 0.15) is 36.0 Å². The van der Waals surface area contributed by atoms with Gasteiger partial charge in [0.25, 0.3) is 0 Å². The molecule has 1 atom stereocenters. The SMILES string of the molecule is Cc1ccccc1S(=O)(=O)NCc1ccnc([C@H]2CCCO2)n1. The fourth-order valence-corrected chi connectivity index (χ4v) is 3.80. The number of nitrogens with zero attached hydrogens (tertiary/aromatic N) is 2. The average molecular weight is 333 g/mol. The lowest BCUT2D eigenvalue weighted by Gasteiger charge is -2.11. The Kier molecular flexibility index (Phi) is 4.70. The van der Waals surface area contributed by atoms with Gasteiger partial charge in [-0.1, -0.05) is 18.2 Å². The van der Waals surface area contributed by atoms with Crippen molar-refractivity contribution in [3.05, 3.63) is 53.6 Å². The molecule has 0 spiro atoms. The quantitative estimate of drug-likeness (QED) is 0.906. The molecule has 3 rings (SSSR count). The van der Waals surface area contributed by atoms with E-state index in [-0.39, 0.29) is 17.5 Å². The Balaban J connectivity index is 1.73. The number of nitrogens with one attached hydrogen (secondary N) is 1. The predicted octanol–water partition coefficient (Wildman–Crippen LogP) is 2.12. The molecule has 6 nitrogen and oxygen atoms in total. The molecule has 0 unspecified atom stereocenters. The van der Waals surface area contributed by atoms with Crippen LogP contribution in [0.15, 0.2) is 41.4 Å². The van der Waals surface area contributed by atoms with Crippen LogP contribution >= 0.6 is 0 Å². The van der Waals surface area contributed by atoms with E-state index in [1.165, 1.54) is 0 Å². The number of aryl methyl sites for hydroxylation is 1. The van der Waals surface area contributed by atoms with Crippen LogP contribution in [0.4, 0.5) is 0 Å². The lowest BCUT2D eigenvalue weighted by molar-refractivity contribution is 0.105. The molecular weight excluding hydrogens is 314 g/mol. The number of sulfonamides is 1. The Morgan fingerprint density at radius 1 is 1.30 bits per heavy atom. The van der Waals surface area contributed by atoms with Crippen LogP contribution in [0.25, 0.3) is 0 Å². The number of aromatic nitrogens is 2. The molecule has 1 aliphatic rings. The molecule has 1 aliphatic heterocycles. The second-order valence-electron chi connectivity index (χ2n) is 5.50. The highest BCUT2D eigenvalue weighted by Gasteiger charge is 2.21. The summed E-state index contributed by atoms with van der Waals surface area (Å²) in [4.78, 5) is 8.92. The molecule has 1 saturated heterocycles. The molecule has 2 heterocycles. The molecule has 122 valence electrons. The molecule has 1 fully saturated rings. The molecular formula is C16H19N3O3S. The first-order valence-corrected chi connectivity index (χ1v) is 9.03. The van der Waals surface area contributed by atoms with Gasteiger partial charge in [-0.15, -0.1) is 0 Å². The van der Waals surface area contributed by atoms with E-state index in [1.807, 2.05) is 6.07 Å². The molecule has 7 heteroatoms. The number of benzene rings is 1. The molecule has 0 radical (unpaired) electrons. The first kappa shape index (κ1) is 16.0. The van der Waals surface area contributed by atoms with E-state index in [0.717, 1.165) is 19.4 Å². The lowest BCUT2D eigenvalue weighted by atomic mass is 10.2. The predicted molar refractivity (Wildman–Crippen MR) is 85.2 cm³/mol. The van der Waals surface area contributed by atoms with Gasteiger partial charge in [0.1, 0.15) is 6.10 Å². The maximum Gasteiger partial charge on any atom is 0.241 e. The van der Waals surface area contributed by atoms with Gasteiger partial charge in [0.2, 0.25) is 10.0 Å². The Hall–Kier alpha value is -1.83. The highest BCUT2D eigenvalue weighted by molar-refractivity contribution is 7.89. The standard InChI is InChI=1S/C16H19N3O3S/c1-12-5-2-3-7-15(12)23(20,21)18-11-13-8-9-17-16(19-13)14-6-4-10-22-14/h2-3,5,7-9,14,18H,4,6,10-11H2,1H3/t14-/m1/s1. The van der Waals surface area contributed by atoms with E-state index < -0.39 is 10.0 Å². The van der Waals surface area contributed by atoms with Crippen LogP contribution in [-0.4, -0.2) is 25.0 Å². The summed E-state index contributed by atoms with van der Waals surface area (Å²) in [7, 11) is -3.56. The van der Waals surface area contributed by atoms with Crippen molar-refractivity contribution in [1.29, 1.82) is 0 Å². The molecule has 0 amide bonds. The fourth-order valence-electron chi connectivity index (χ4n) is 2.55. The highest BCUT2D eigenvalue weighted by atomic mass is 32.2. The summed E-state index contributed by atoms with van der Waals surface area (Å²) in [6.45, 7) is 2.62. The second kappa shape index (κ2) is 6.74. The minimum Gasteiger partial charge on any atom is -0.370 e. The van der Waals surface area contributed by atoms with Gasteiger partial charge in [-0.2, -0.15) is 0 Å². The number of hydrogen-bond acceptors (Lipinski definition) is 5. The monoisotopic (exact) mass is 333 g/mol. The Morgan fingerprint density at radius 3 is 2.87 bits per heavy atom. The summed E-state index contributed by atoms with van der Waals surface area (Å²) >= 11 is 0. The van der Waals surface area contributed by atoms with E-state index >= 15 is 0 Å². The van der Waals surface area contributed by atoms with Crippen molar-refractivity contribution in [2.24, 2.45) is 0 Å². The van der Waals surface area contributed by atoms with Crippen molar-refractivity contribution in [2.75, 3.05) is 6.61 Å². The van der Waals surface area contributed by atoms with Gasteiger partial charge in [0.15, 0.2) is 5.82 Å². The van der Waals surface area contributed by atoms with E-state index in [0.29, 0.717) is 17.1 Å². The third-order valence-corrected chi connectivity index (χ3v) is 5.34. The zero-order valence-electron chi connectivity index (χ0n) is 12.9. The van der Waals surface area contributed by atoms with Gasteiger partial charge >= 0.3 is 0 Å². The molecule has 1 aromatic heterocycles. The zero-order chi connectivity index (χ0) is 16.3. The van der Waals surface area contributed by atoms with Gasteiger partial charge < -0.3 is 4.74 Å². The summed E-state index contributed by atoms with van der Waals surface area (Å²) in [6.07, 6.45) is 3.46. The number of ether oxygens (including phenoxy) is 1. The van der Waals surface area contributed by atoms with Crippen molar-refractivity contribution in [1.82, 2.24) is 14.7 Å². The van der Waals surface area contributed by atoms with Crippen molar-refractivity contribution in [3.63, 3.8) is 0 Å². The summed E-state index contributed by atoms with van der Waals surface area (Å²) in [5.41, 5.74) is 1.34. The van der Waals surface area contributed by atoms with Crippen LogP contribution in [-0.2, 0) is 21.3 Å². The first-order valence-electron chi connectivity index (χ1n) is 7.55. The van der Waals surface area contributed by atoms with Crippen LogP contribution in [0.3, 0.4) is 0 Å². The fraction of sp³-hybridized carbons (Fsp3) is 0.375. The van der Waals surface area contributed by atoms with Gasteiger partial charge in [-0.3, -0.25) is 0 Å². The lowest BCUT2D eigenvalue weighted by Crippen LogP contribution is -2.24. The van der Waals surface area contributed by atoms with Gasteiger partial charge in [-0.25, -0.2) is 23.1 Å². The van der Waals surface area contributed by atoms with E-state index in [2.05, 4.69) is 14.7 Å². The first-order chi connectivity index (χ1) is 11.1. The Labute approximate surface area is 136 Å². The molecule has 1 aromatic carbocycles. The van der Waals surface area contributed by atoms with Gasteiger partial charge in [0, 0.05) is 12.8 Å². The van der Waals surface area contributed by atoms with Crippen molar-refractivity contribution in [3.8, 4) is 0 Å². The Morgan fingerprint density at radius 2 is 2.13 bits per heavy atom. The average Bonchev–Trinajstić information content (AvgIpc) is 3.08. The van der Waals surface area contributed by atoms with Crippen LogP contribution < -0.4 is 4.72 Å². The minimum atomic E-state index is -3.56. The smallest absolute Gasteiger partial charge is 0.241 e. The zero-order valence-corrected chi connectivity index (χ0v) is 13.7. The maximum atomic E-state index is 12.4. The van der Waals surface area contributed by atoms with Crippen LogP contribution in [0, 0.1) is 6.92 Å². The summed E-state index contributed by atoms with van der Waals surface area (Å²) < 4.78 is 32.9. The molecule has 2 aromatic rings. The maximum absolute atomic E-state index is 12.4. The van der Waals surface area contributed by atoms with E-state index in [4.69, 9.17) is 4.74 Å². The minimum absolute atomic E-state index is 0.0806. The summed E-state index contributed by atoms with van der Waals surface area (Å²) in [5.74, 6) is 0.620. The number of hydrogen-bond donors (Lipinski definition) is 1. The topological polar surface area (TPSA) is 81.2 Å². The second-order valence-corrected chi connectivity index (χ2v) is 7.23. The van der Waals surface area contributed by atoms with Gasteiger partial charge in [-0.05, 0) is 37.5 Å². The highest BCUT2D eigenvalue weighted by Crippen LogP contribution is 2.25. The summed E-state index contributed by atoms with van der Waals surface area (Å²) in [6, 6.07) is 8.59. The summed E-state index contributed by atoms with van der Waals surface area (Å²) in [5, 5.41) is 0. The third-order valence-electron chi connectivity index (χ3n) is 3.78. The molecule has 0 aliphatic carbocycles. The van der Waals surface area contributed by atoms with E-state index in [9.17, 15) is 8.42 Å². The van der Waals surface area contributed by atoms with Gasteiger partial charge in [0.05, 0.1) is 17.1 Å². The largest absolute Gasteiger partial charge is 0.370 e. The van der Waals surface area contributed by atoms with E-state index in [1.54, 1.807) is 37.4 Å². The number of rotatable bonds is 5. The van der Waals surface area contributed by atoms with Crippen molar-refractivity contribution < 1.29 is 13.2 Å². The molecule has 23 heavy (non-hydrogen) atoms. The molecule has 0 bridgehead atoms. The third kappa shape index (κ3) is 3.74. The Bertz CT molecular complexity index is 787. The van der Waals surface area contributed by atoms with Crippen molar-refractivity contribution in [2.45, 2.75) is 37.3 Å². The van der Waals surface area contributed by atoms with Crippen LogP contribution in [0.5, 0.6) is 0 Å². The van der Waals surface area contributed by atoms with Crippen molar-refractivity contribution >= 4 is 10.0 Å².